The fourth-order valence-corrected chi connectivity index (χ4v) is 4.20. The number of rotatable bonds is 3. The van der Waals surface area contributed by atoms with Crippen LogP contribution in [-0.4, -0.2) is 46.5 Å². The molecule has 0 unspecified atom stereocenters. The number of benzene rings is 1. The summed E-state index contributed by atoms with van der Waals surface area (Å²) in [6.07, 6.45) is 5.93. The molecule has 2 aliphatic heterocycles. The molecule has 3 heterocycles. The lowest BCUT2D eigenvalue weighted by molar-refractivity contribution is -0.135. The third kappa shape index (κ3) is 4.17. The van der Waals surface area contributed by atoms with Crippen LogP contribution in [0, 0.1) is 13.8 Å². The number of piperidine rings is 1. The molecule has 1 aromatic heterocycles. The predicted octanol–water partition coefficient (Wildman–Crippen LogP) is 3.49. The van der Waals surface area contributed by atoms with Gasteiger partial charge >= 0.3 is 0 Å². The molecule has 1 atom stereocenters. The predicted molar refractivity (Wildman–Crippen MR) is 111 cm³/mol. The molecule has 6 nitrogen and oxygen atoms in total. The van der Waals surface area contributed by atoms with Gasteiger partial charge in [0.2, 0.25) is 0 Å². The lowest BCUT2D eigenvalue weighted by atomic mass is 9.88. The van der Waals surface area contributed by atoms with Gasteiger partial charge in [-0.3, -0.25) is 14.6 Å². The average Bonchev–Trinajstić information content (AvgIpc) is 3.15. The van der Waals surface area contributed by atoms with Gasteiger partial charge in [-0.05, 0) is 74.9 Å². The number of nitrogens with one attached hydrogen (secondary N) is 1. The number of aryl methyl sites for hydroxylation is 2. The van der Waals surface area contributed by atoms with Crippen molar-refractivity contribution in [1.29, 1.82) is 0 Å². The molecule has 1 spiro atoms. The minimum Gasteiger partial charge on any atom is -0.362 e. The molecule has 1 N–H and O–H groups in total. The highest BCUT2D eigenvalue weighted by Gasteiger charge is 2.45. The van der Waals surface area contributed by atoms with Crippen molar-refractivity contribution in [3.63, 3.8) is 0 Å². The number of carbonyl (C=O) groups is 2. The summed E-state index contributed by atoms with van der Waals surface area (Å²) in [7, 11) is 0. The Morgan fingerprint density at radius 2 is 1.93 bits per heavy atom. The van der Waals surface area contributed by atoms with E-state index in [0.29, 0.717) is 25.2 Å². The second-order valence-electron chi connectivity index (χ2n) is 8.15. The summed E-state index contributed by atoms with van der Waals surface area (Å²) < 4.78 is 6.22. The Kier molecular flexibility index (Phi) is 5.37. The molecular weight excluding hydrogens is 366 g/mol. The zero-order chi connectivity index (χ0) is 20.4. The summed E-state index contributed by atoms with van der Waals surface area (Å²) in [6, 6.07) is 9.47. The monoisotopic (exact) mass is 393 g/mol. The second kappa shape index (κ2) is 7.95. The first-order chi connectivity index (χ1) is 14.0. The lowest BCUT2D eigenvalue weighted by Crippen LogP contribution is -2.47. The first kappa shape index (κ1) is 19.6. The van der Waals surface area contributed by atoms with Gasteiger partial charge in [0.05, 0.1) is 17.5 Å². The number of nitrogens with zero attached hydrogens (tertiary/aromatic N) is 2. The zero-order valence-corrected chi connectivity index (χ0v) is 17.0. The number of carbonyl (C=O) groups excluding carboxylic acids is 2. The fraction of sp³-hybridized carbons (Fsp3) is 0.435. The maximum atomic E-state index is 12.9. The molecule has 1 aromatic carbocycles. The first-order valence-electron chi connectivity index (χ1n) is 10.2. The van der Waals surface area contributed by atoms with Gasteiger partial charge in [-0.2, -0.15) is 0 Å². The number of hydrogen-bond acceptors (Lipinski definition) is 4. The minimum atomic E-state index is -0.447. The van der Waals surface area contributed by atoms with Crippen LogP contribution in [-0.2, 0) is 9.53 Å². The van der Waals surface area contributed by atoms with Gasteiger partial charge in [-0.1, -0.05) is 6.07 Å². The van der Waals surface area contributed by atoms with Crippen molar-refractivity contribution in [3.8, 4) is 0 Å². The van der Waals surface area contributed by atoms with Crippen LogP contribution >= 0.6 is 0 Å². The van der Waals surface area contributed by atoms with Crippen LogP contribution < -0.4 is 5.32 Å². The Labute approximate surface area is 171 Å². The molecule has 0 radical (unpaired) electrons. The van der Waals surface area contributed by atoms with Crippen LogP contribution in [0.4, 0.5) is 5.69 Å². The molecule has 4 rings (SSSR count). The van der Waals surface area contributed by atoms with E-state index in [1.807, 2.05) is 43.0 Å². The summed E-state index contributed by atoms with van der Waals surface area (Å²) in [4.78, 5) is 31.3. The van der Waals surface area contributed by atoms with E-state index >= 15 is 0 Å². The normalized spacial score (nSPS) is 20.6. The van der Waals surface area contributed by atoms with E-state index < -0.39 is 6.10 Å². The SMILES string of the molecule is Cc1ccc(C(=O)N2CCC3(CC[C@H](C(=O)Nc4cccnc4)O3)CC2)cc1C. The average molecular weight is 393 g/mol. The van der Waals surface area contributed by atoms with Gasteiger partial charge in [0.25, 0.3) is 11.8 Å². The van der Waals surface area contributed by atoms with Crippen LogP contribution in [0.3, 0.4) is 0 Å². The van der Waals surface area contributed by atoms with Crippen LogP contribution in [0.15, 0.2) is 42.7 Å². The van der Waals surface area contributed by atoms with E-state index in [1.165, 1.54) is 5.56 Å². The molecule has 152 valence electrons. The topological polar surface area (TPSA) is 71.5 Å². The summed E-state index contributed by atoms with van der Waals surface area (Å²) in [5.74, 6) is -0.0460. The highest BCUT2D eigenvalue weighted by Crippen LogP contribution is 2.39. The number of ether oxygens (including phenoxy) is 1. The highest BCUT2D eigenvalue weighted by atomic mass is 16.5. The van der Waals surface area contributed by atoms with E-state index in [1.54, 1.807) is 18.5 Å². The molecule has 0 bridgehead atoms. The summed E-state index contributed by atoms with van der Waals surface area (Å²) in [5.41, 5.74) is 3.44. The van der Waals surface area contributed by atoms with Gasteiger partial charge in [0.15, 0.2) is 0 Å². The largest absolute Gasteiger partial charge is 0.362 e. The number of anilines is 1. The lowest BCUT2D eigenvalue weighted by Gasteiger charge is -2.39. The van der Waals surface area contributed by atoms with Gasteiger partial charge < -0.3 is 15.0 Å². The Bertz CT molecular complexity index is 905. The van der Waals surface area contributed by atoms with Crippen molar-refractivity contribution in [2.24, 2.45) is 0 Å². The maximum absolute atomic E-state index is 12.9. The van der Waals surface area contributed by atoms with Crippen molar-refractivity contribution < 1.29 is 14.3 Å². The third-order valence-corrected chi connectivity index (χ3v) is 6.19. The fourth-order valence-electron chi connectivity index (χ4n) is 4.20. The summed E-state index contributed by atoms with van der Waals surface area (Å²) >= 11 is 0. The van der Waals surface area contributed by atoms with E-state index in [2.05, 4.69) is 10.3 Å². The molecule has 0 saturated carbocycles. The van der Waals surface area contributed by atoms with Gasteiger partial charge in [-0.25, -0.2) is 0 Å². The molecule has 2 aromatic rings. The smallest absolute Gasteiger partial charge is 0.253 e. The molecule has 0 aliphatic carbocycles. The van der Waals surface area contributed by atoms with Crippen molar-refractivity contribution in [1.82, 2.24) is 9.88 Å². The number of aromatic nitrogens is 1. The third-order valence-electron chi connectivity index (χ3n) is 6.19. The molecule has 2 fully saturated rings. The molecule has 6 heteroatoms. The van der Waals surface area contributed by atoms with E-state index in [4.69, 9.17) is 4.74 Å². The Morgan fingerprint density at radius 3 is 2.62 bits per heavy atom. The van der Waals surface area contributed by atoms with E-state index in [9.17, 15) is 9.59 Å². The van der Waals surface area contributed by atoms with Crippen LogP contribution in [0.5, 0.6) is 0 Å². The number of amides is 2. The maximum Gasteiger partial charge on any atom is 0.253 e. The van der Waals surface area contributed by atoms with E-state index in [0.717, 1.165) is 30.4 Å². The molecule has 29 heavy (non-hydrogen) atoms. The van der Waals surface area contributed by atoms with Crippen LogP contribution in [0.25, 0.3) is 0 Å². The van der Waals surface area contributed by atoms with E-state index in [-0.39, 0.29) is 17.4 Å². The molecule has 2 aliphatic rings. The van der Waals surface area contributed by atoms with Crippen molar-refractivity contribution >= 4 is 17.5 Å². The summed E-state index contributed by atoms with van der Waals surface area (Å²) in [5, 5.41) is 2.87. The van der Waals surface area contributed by atoms with Gasteiger partial charge in [0, 0.05) is 24.8 Å². The Balaban J connectivity index is 1.33. The van der Waals surface area contributed by atoms with Crippen molar-refractivity contribution in [3.05, 3.63) is 59.4 Å². The summed E-state index contributed by atoms with van der Waals surface area (Å²) in [6.45, 7) is 5.39. The van der Waals surface area contributed by atoms with Gasteiger partial charge in [-0.15, -0.1) is 0 Å². The van der Waals surface area contributed by atoms with Crippen LogP contribution in [0.1, 0.15) is 47.2 Å². The standard InChI is InChI=1S/C23H27N3O3/c1-16-5-6-18(14-17(16)2)22(28)26-12-9-23(10-13-26)8-7-20(29-23)21(27)25-19-4-3-11-24-15-19/h3-6,11,14-15,20H,7-10,12-13H2,1-2H3,(H,25,27)/t20-/m1/s1. The number of likely N-dealkylation sites (tertiary alicyclic amines) is 1. The second-order valence-corrected chi connectivity index (χ2v) is 8.15. The van der Waals surface area contributed by atoms with Gasteiger partial charge in [0.1, 0.15) is 6.10 Å². The quantitative estimate of drug-likeness (QED) is 0.867. The minimum absolute atomic E-state index is 0.0758. The molecule has 2 saturated heterocycles. The Hall–Kier alpha value is -2.73. The van der Waals surface area contributed by atoms with Crippen molar-refractivity contribution in [2.45, 2.75) is 51.2 Å². The number of hydrogen-bond donors (Lipinski definition) is 1. The highest BCUT2D eigenvalue weighted by molar-refractivity contribution is 5.95. The number of pyridine rings is 1. The van der Waals surface area contributed by atoms with Crippen LogP contribution in [0.2, 0.25) is 0 Å². The molecular formula is C23H27N3O3. The zero-order valence-electron chi connectivity index (χ0n) is 17.0. The molecule has 2 amide bonds. The first-order valence-corrected chi connectivity index (χ1v) is 10.2. The Morgan fingerprint density at radius 1 is 1.14 bits per heavy atom. The van der Waals surface area contributed by atoms with Crippen molar-refractivity contribution in [2.75, 3.05) is 18.4 Å².